The predicted octanol–water partition coefficient (Wildman–Crippen LogP) is 3.04. The fraction of sp³-hybridized carbons (Fsp3) is 0.448. The lowest BCUT2D eigenvalue weighted by Crippen LogP contribution is -2.53. The zero-order chi connectivity index (χ0) is 27.7. The van der Waals surface area contributed by atoms with Crippen molar-refractivity contribution in [2.75, 3.05) is 32.1 Å². The molecule has 2 aliphatic heterocycles. The molecule has 1 N–H and O–H groups in total. The van der Waals surface area contributed by atoms with Gasteiger partial charge in [-0.25, -0.2) is 4.39 Å². The summed E-state index contributed by atoms with van der Waals surface area (Å²) in [6, 6.07) is 9.25. The van der Waals surface area contributed by atoms with Gasteiger partial charge in [-0.3, -0.25) is 19.2 Å². The minimum Gasteiger partial charge on any atom is -0.378 e. The monoisotopic (exact) mass is 522 g/mol. The van der Waals surface area contributed by atoms with E-state index in [4.69, 9.17) is 0 Å². The van der Waals surface area contributed by atoms with Gasteiger partial charge in [0.2, 0.25) is 5.91 Å². The topological polar surface area (TPSA) is 90.0 Å². The van der Waals surface area contributed by atoms with Gasteiger partial charge in [-0.05, 0) is 73.7 Å². The van der Waals surface area contributed by atoms with E-state index in [9.17, 15) is 23.6 Å². The molecule has 4 rings (SSSR count). The number of nitrogens with one attached hydrogen (secondary N) is 1. The van der Waals surface area contributed by atoms with Crippen LogP contribution in [0.15, 0.2) is 42.5 Å². The lowest BCUT2D eigenvalue weighted by Gasteiger charge is -2.29. The average molecular weight is 523 g/mol. The second kappa shape index (κ2) is 10.9. The van der Waals surface area contributed by atoms with Crippen molar-refractivity contribution < 1.29 is 23.6 Å². The number of carbonyl (C=O) groups is 4. The number of ketones is 1. The number of nitrogens with zero attached hydrogens (tertiary/aromatic N) is 3. The van der Waals surface area contributed by atoms with Crippen molar-refractivity contribution in [3.63, 3.8) is 0 Å². The Labute approximate surface area is 222 Å². The van der Waals surface area contributed by atoms with Crippen LogP contribution in [0.2, 0.25) is 0 Å². The minimum absolute atomic E-state index is 0.103. The van der Waals surface area contributed by atoms with Gasteiger partial charge in [0.05, 0.1) is 12.6 Å². The Balaban J connectivity index is 1.50. The summed E-state index contributed by atoms with van der Waals surface area (Å²) in [4.78, 5) is 58.0. The quantitative estimate of drug-likeness (QED) is 0.604. The van der Waals surface area contributed by atoms with Crippen LogP contribution in [-0.2, 0) is 9.59 Å². The molecule has 2 unspecified atom stereocenters. The van der Waals surface area contributed by atoms with Crippen LogP contribution in [0.25, 0.3) is 0 Å². The molecule has 38 heavy (non-hydrogen) atoms. The third-order valence-corrected chi connectivity index (χ3v) is 7.33. The van der Waals surface area contributed by atoms with Crippen LogP contribution in [0.3, 0.4) is 0 Å². The number of Topliss-reactive ketones (excluding diaryl/α,β-unsaturated/α-hetero) is 1. The number of anilines is 1. The van der Waals surface area contributed by atoms with Gasteiger partial charge in [0.15, 0.2) is 5.78 Å². The van der Waals surface area contributed by atoms with Crippen LogP contribution in [0.1, 0.15) is 53.0 Å². The van der Waals surface area contributed by atoms with E-state index in [-0.39, 0.29) is 36.0 Å². The highest BCUT2D eigenvalue weighted by Crippen LogP contribution is 2.32. The number of benzene rings is 2. The number of hydrogen-bond donors (Lipinski definition) is 1. The van der Waals surface area contributed by atoms with Crippen LogP contribution in [0.5, 0.6) is 0 Å². The van der Waals surface area contributed by atoms with E-state index in [0.717, 1.165) is 5.69 Å². The summed E-state index contributed by atoms with van der Waals surface area (Å²) >= 11 is 0. The first-order chi connectivity index (χ1) is 18.0. The number of hydrogen-bond acceptors (Lipinski definition) is 5. The van der Waals surface area contributed by atoms with Crippen molar-refractivity contribution in [3.8, 4) is 0 Å². The van der Waals surface area contributed by atoms with E-state index in [1.165, 1.54) is 28.0 Å². The largest absolute Gasteiger partial charge is 0.378 e. The summed E-state index contributed by atoms with van der Waals surface area (Å²) in [6.07, 6.45) is 0.877. The Bertz CT molecular complexity index is 1240. The van der Waals surface area contributed by atoms with E-state index >= 15 is 0 Å². The number of carbonyl (C=O) groups excluding carboxylic acids is 4. The van der Waals surface area contributed by atoms with Gasteiger partial charge >= 0.3 is 0 Å². The fourth-order valence-electron chi connectivity index (χ4n) is 5.33. The lowest BCUT2D eigenvalue weighted by molar-refractivity contribution is -0.138. The average Bonchev–Trinajstić information content (AvgIpc) is 3.45. The van der Waals surface area contributed by atoms with Crippen LogP contribution >= 0.6 is 0 Å². The second-order valence-electron chi connectivity index (χ2n) is 10.8. The van der Waals surface area contributed by atoms with Crippen molar-refractivity contribution in [2.45, 2.75) is 51.7 Å². The van der Waals surface area contributed by atoms with Gasteiger partial charge < -0.3 is 20.0 Å². The third kappa shape index (κ3) is 5.42. The summed E-state index contributed by atoms with van der Waals surface area (Å²) in [7, 11) is 3.82. The Kier molecular flexibility index (Phi) is 7.85. The highest BCUT2D eigenvalue weighted by Gasteiger charge is 2.52. The first kappa shape index (κ1) is 27.3. The fourth-order valence-corrected chi connectivity index (χ4v) is 5.33. The molecule has 0 aromatic heterocycles. The van der Waals surface area contributed by atoms with Gasteiger partial charge in [-0.15, -0.1) is 0 Å². The summed E-state index contributed by atoms with van der Waals surface area (Å²) < 4.78 is 13.7. The maximum absolute atomic E-state index is 13.7. The molecule has 2 aromatic carbocycles. The highest BCUT2D eigenvalue weighted by molar-refractivity contribution is 6.03. The van der Waals surface area contributed by atoms with Crippen molar-refractivity contribution in [1.29, 1.82) is 0 Å². The molecular weight excluding hydrogens is 487 g/mol. The molecule has 0 aliphatic carbocycles. The molecule has 0 saturated carbocycles. The van der Waals surface area contributed by atoms with Crippen LogP contribution < -0.4 is 10.2 Å². The predicted molar refractivity (Wildman–Crippen MR) is 143 cm³/mol. The molecule has 0 radical (unpaired) electrons. The Morgan fingerprint density at radius 2 is 1.71 bits per heavy atom. The summed E-state index contributed by atoms with van der Waals surface area (Å²) in [5.41, 5.74) is 2.06. The summed E-state index contributed by atoms with van der Waals surface area (Å²) in [6.45, 7) is 5.73. The number of halogens is 1. The zero-order valence-electron chi connectivity index (χ0n) is 22.5. The summed E-state index contributed by atoms with van der Waals surface area (Å²) in [5, 5.41) is 2.88. The molecule has 8 nitrogen and oxygen atoms in total. The van der Waals surface area contributed by atoms with Gasteiger partial charge in [-0.2, -0.15) is 0 Å². The zero-order valence-corrected chi connectivity index (χ0v) is 22.5. The highest BCUT2D eigenvalue weighted by atomic mass is 19.1. The minimum atomic E-state index is -0.799. The molecule has 9 heteroatoms. The van der Waals surface area contributed by atoms with Gasteiger partial charge in [-0.1, -0.05) is 13.8 Å². The van der Waals surface area contributed by atoms with Crippen LogP contribution in [0.4, 0.5) is 10.1 Å². The maximum Gasteiger partial charge on any atom is 0.254 e. The van der Waals surface area contributed by atoms with Crippen molar-refractivity contribution >= 4 is 29.2 Å². The molecular formula is C29H35FN4O4. The number of rotatable bonds is 7. The standard InChI is InChI=1S/C29H35FN4O4/c1-17(2)14-23(31-27(36)19-6-9-21(10-7-19)32(4)5)29(38)33-13-12-24-26(33)25(35)16-34(24)28(37)20-8-11-22(30)18(3)15-20/h6-11,15,17,23-24,26H,12-14,16H2,1-5H3,(H,31,36)/t23-,24?,26?/m0/s1. The van der Waals surface area contributed by atoms with Gasteiger partial charge in [0.1, 0.15) is 17.9 Å². The van der Waals surface area contributed by atoms with Crippen LogP contribution in [0, 0.1) is 18.7 Å². The van der Waals surface area contributed by atoms with Crippen molar-refractivity contribution in [3.05, 3.63) is 65.0 Å². The molecule has 2 aliphatic rings. The Morgan fingerprint density at radius 1 is 1.05 bits per heavy atom. The molecule has 2 fully saturated rings. The van der Waals surface area contributed by atoms with Gasteiger partial charge in [0, 0.05) is 37.5 Å². The number of amides is 3. The second-order valence-corrected chi connectivity index (χ2v) is 10.8. The van der Waals surface area contributed by atoms with E-state index in [1.54, 1.807) is 19.1 Å². The van der Waals surface area contributed by atoms with E-state index in [1.807, 2.05) is 45.0 Å². The maximum atomic E-state index is 13.7. The molecule has 0 bridgehead atoms. The van der Waals surface area contributed by atoms with Crippen molar-refractivity contribution in [2.24, 2.45) is 5.92 Å². The molecule has 2 heterocycles. The molecule has 202 valence electrons. The van der Waals surface area contributed by atoms with Crippen molar-refractivity contribution in [1.82, 2.24) is 15.1 Å². The lowest BCUT2D eigenvalue weighted by atomic mass is 10.0. The summed E-state index contributed by atoms with van der Waals surface area (Å²) in [5.74, 6) is -1.51. The number of aryl methyl sites for hydroxylation is 1. The van der Waals surface area contributed by atoms with E-state index in [2.05, 4.69) is 5.32 Å². The molecule has 2 saturated heterocycles. The normalized spacial score (nSPS) is 19.5. The first-order valence-electron chi connectivity index (χ1n) is 13.0. The SMILES string of the molecule is Cc1cc(C(=O)N2CC(=O)C3C2CCN3C(=O)[C@H](CC(C)C)NC(=O)c2ccc(N(C)C)cc2)ccc1F. The first-order valence-corrected chi connectivity index (χ1v) is 13.0. The Morgan fingerprint density at radius 3 is 2.32 bits per heavy atom. The molecule has 3 amide bonds. The Hall–Kier alpha value is -3.75. The van der Waals surface area contributed by atoms with Crippen LogP contribution in [-0.4, -0.2) is 78.6 Å². The van der Waals surface area contributed by atoms with Gasteiger partial charge in [0.25, 0.3) is 11.8 Å². The van der Waals surface area contributed by atoms with E-state index in [0.29, 0.717) is 36.1 Å². The van der Waals surface area contributed by atoms with E-state index < -0.39 is 23.9 Å². The molecule has 2 aromatic rings. The molecule has 3 atom stereocenters. The number of fused-ring (bicyclic) bond motifs is 1. The molecule has 0 spiro atoms. The number of likely N-dealkylation sites (tertiary alicyclic amines) is 2. The smallest absolute Gasteiger partial charge is 0.254 e. The third-order valence-electron chi connectivity index (χ3n) is 7.33.